The third-order valence-corrected chi connectivity index (χ3v) is 6.95. The van der Waals surface area contributed by atoms with Crippen LogP contribution < -0.4 is 20.4 Å². The number of nitrogens with one attached hydrogen (secondary N) is 2. The molecular formula is C23H39N7OS. The van der Waals surface area contributed by atoms with Crippen LogP contribution in [0.2, 0.25) is 0 Å². The standard InChI is InChI=1S/C23H39N7OS/c1-18-5-3-8-29(16-18)20-15-21(30-9-4-6-19(2)17-30)26-22(25-20)27-23(32)24-7-10-28-11-13-31-14-12-28/h15,18-19H,3-14,16-17H2,1-2H3,(H2,24,25,26,27,32)/t18-,19+. The van der Waals surface area contributed by atoms with E-state index in [0.717, 1.165) is 77.2 Å². The van der Waals surface area contributed by atoms with Crippen molar-refractivity contribution in [3.8, 4) is 0 Å². The van der Waals surface area contributed by atoms with Crippen LogP contribution in [0.4, 0.5) is 17.6 Å². The van der Waals surface area contributed by atoms with Crippen LogP contribution in [0.25, 0.3) is 0 Å². The maximum Gasteiger partial charge on any atom is 0.232 e. The molecule has 4 rings (SSSR count). The molecule has 0 aliphatic carbocycles. The van der Waals surface area contributed by atoms with Crippen molar-refractivity contribution in [2.75, 3.05) is 80.7 Å². The van der Waals surface area contributed by atoms with Crippen molar-refractivity contribution >= 4 is 34.9 Å². The highest BCUT2D eigenvalue weighted by molar-refractivity contribution is 7.80. The number of nitrogens with zero attached hydrogens (tertiary/aromatic N) is 5. The first kappa shape index (κ1) is 23.4. The highest BCUT2D eigenvalue weighted by Gasteiger charge is 2.23. The Balaban J connectivity index is 1.42. The van der Waals surface area contributed by atoms with Gasteiger partial charge in [-0.3, -0.25) is 4.90 Å². The summed E-state index contributed by atoms with van der Waals surface area (Å²) in [5.74, 6) is 4.00. The molecule has 8 nitrogen and oxygen atoms in total. The highest BCUT2D eigenvalue weighted by Crippen LogP contribution is 2.28. The molecule has 0 spiro atoms. The number of morpholine rings is 1. The molecule has 32 heavy (non-hydrogen) atoms. The number of hydrogen-bond donors (Lipinski definition) is 2. The molecular weight excluding hydrogens is 422 g/mol. The van der Waals surface area contributed by atoms with Gasteiger partial charge in [0.25, 0.3) is 0 Å². The van der Waals surface area contributed by atoms with Gasteiger partial charge in [0.05, 0.1) is 13.2 Å². The van der Waals surface area contributed by atoms with E-state index >= 15 is 0 Å². The molecule has 3 aliphatic heterocycles. The van der Waals surface area contributed by atoms with Crippen molar-refractivity contribution in [2.24, 2.45) is 11.8 Å². The van der Waals surface area contributed by atoms with Crippen LogP contribution in [0, 0.1) is 11.8 Å². The summed E-state index contributed by atoms with van der Waals surface area (Å²) in [6.07, 6.45) is 5.01. The van der Waals surface area contributed by atoms with Gasteiger partial charge in [-0.2, -0.15) is 9.97 Å². The average Bonchev–Trinajstić information content (AvgIpc) is 2.79. The van der Waals surface area contributed by atoms with Gasteiger partial charge in [0.1, 0.15) is 11.6 Å². The van der Waals surface area contributed by atoms with Crippen LogP contribution >= 0.6 is 12.2 Å². The van der Waals surface area contributed by atoms with Crippen LogP contribution in [0.1, 0.15) is 39.5 Å². The normalized spacial score (nSPS) is 24.9. The molecule has 9 heteroatoms. The summed E-state index contributed by atoms with van der Waals surface area (Å²) in [4.78, 5) is 16.9. The highest BCUT2D eigenvalue weighted by atomic mass is 32.1. The van der Waals surface area contributed by atoms with Crippen LogP contribution in [-0.4, -0.2) is 85.6 Å². The second-order valence-corrected chi connectivity index (χ2v) is 10.0. The molecule has 0 amide bonds. The Morgan fingerprint density at radius 2 is 1.59 bits per heavy atom. The first-order chi connectivity index (χ1) is 15.6. The van der Waals surface area contributed by atoms with Crippen molar-refractivity contribution < 1.29 is 4.74 Å². The average molecular weight is 462 g/mol. The molecule has 2 N–H and O–H groups in total. The predicted octanol–water partition coefficient (Wildman–Crippen LogP) is 2.57. The maximum absolute atomic E-state index is 5.57. The zero-order valence-corrected chi connectivity index (χ0v) is 20.5. The summed E-state index contributed by atoms with van der Waals surface area (Å²) in [5, 5.41) is 7.17. The minimum atomic E-state index is 0.584. The molecule has 178 valence electrons. The van der Waals surface area contributed by atoms with E-state index in [-0.39, 0.29) is 0 Å². The topological polar surface area (TPSA) is 68.8 Å². The molecule has 0 bridgehead atoms. The fourth-order valence-corrected chi connectivity index (χ4v) is 5.09. The van der Waals surface area contributed by atoms with Crippen LogP contribution in [0.5, 0.6) is 0 Å². The second kappa shape index (κ2) is 11.4. The van der Waals surface area contributed by atoms with E-state index in [4.69, 9.17) is 26.9 Å². The fraction of sp³-hybridized carbons (Fsp3) is 0.783. The number of rotatable bonds is 6. The number of aromatic nitrogens is 2. The lowest BCUT2D eigenvalue weighted by Gasteiger charge is -2.35. The Hall–Kier alpha value is -1.71. The molecule has 4 heterocycles. The number of ether oxygens (including phenoxy) is 1. The molecule has 0 aromatic carbocycles. The summed E-state index contributed by atoms with van der Waals surface area (Å²) in [6.45, 7) is 14.2. The molecule has 3 fully saturated rings. The summed E-state index contributed by atoms with van der Waals surface area (Å²) >= 11 is 5.57. The maximum atomic E-state index is 5.57. The monoisotopic (exact) mass is 461 g/mol. The minimum absolute atomic E-state index is 0.584. The number of anilines is 3. The summed E-state index contributed by atoms with van der Waals surface area (Å²) in [6, 6.07) is 2.18. The van der Waals surface area contributed by atoms with Crippen molar-refractivity contribution in [3.05, 3.63) is 6.07 Å². The zero-order valence-electron chi connectivity index (χ0n) is 19.7. The minimum Gasteiger partial charge on any atom is -0.379 e. The van der Waals surface area contributed by atoms with Crippen LogP contribution in [0.15, 0.2) is 6.07 Å². The molecule has 1 aromatic rings. The molecule has 3 aliphatic rings. The third kappa shape index (κ3) is 6.65. The Bertz CT molecular complexity index is 718. The van der Waals surface area contributed by atoms with Gasteiger partial charge in [0.15, 0.2) is 5.11 Å². The quantitative estimate of drug-likeness (QED) is 0.622. The molecule has 0 radical (unpaired) electrons. The van der Waals surface area contributed by atoms with Crippen LogP contribution in [0.3, 0.4) is 0 Å². The van der Waals surface area contributed by atoms with E-state index in [1.54, 1.807) is 0 Å². The van der Waals surface area contributed by atoms with E-state index in [1.807, 2.05) is 0 Å². The first-order valence-electron chi connectivity index (χ1n) is 12.3. The largest absolute Gasteiger partial charge is 0.379 e. The van der Waals surface area contributed by atoms with Gasteiger partial charge < -0.3 is 25.2 Å². The summed E-state index contributed by atoms with van der Waals surface area (Å²) in [7, 11) is 0. The van der Waals surface area contributed by atoms with Gasteiger partial charge in [0, 0.05) is 58.4 Å². The third-order valence-electron chi connectivity index (χ3n) is 6.70. The Labute approximate surface area is 198 Å². The zero-order chi connectivity index (χ0) is 22.3. The molecule has 0 unspecified atom stereocenters. The number of hydrogen-bond acceptors (Lipinski definition) is 7. The number of thiocarbonyl (C=S) groups is 1. The smallest absolute Gasteiger partial charge is 0.232 e. The van der Waals surface area contributed by atoms with Crippen molar-refractivity contribution in [2.45, 2.75) is 39.5 Å². The van der Waals surface area contributed by atoms with E-state index in [1.165, 1.54) is 25.7 Å². The van der Waals surface area contributed by atoms with Gasteiger partial charge in [0.2, 0.25) is 5.95 Å². The summed E-state index contributed by atoms with van der Waals surface area (Å²) < 4.78 is 5.42. The van der Waals surface area contributed by atoms with E-state index in [2.05, 4.69) is 45.2 Å². The predicted molar refractivity (Wildman–Crippen MR) is 135 cm³/mol. The van der Waals surface area contributed by atoms with E-state index in [9.17, 15) is 0 Å². The second-order valence-electron chi connectivity index (χ2n) is 9.63. The van der Waals surface area contributed by atoms with Crippen molar-refractivity contribution in [1.29, 1.82) is 0 Å². The lowest BCUT2D eigenvalue weighted by molar-refractivity contribution is 0.0389. The van der Waals surface area contributed by atoms with Gasteiger partial charge in [-0.15, -0.1) is 0 Å². The van der Waals surface area contributed by atoms with E-state index < -0.39 is 0 Å². The Morgan fingerprint density at radius 3 is 2.16 bits per heavy atom. The van der Waals surface area contributed by atoms with Crippen LogP contribution in [-0.2, 0) is 4.74 Å². The number of piperidine rings is 2. The van der Waals surface area contributed by atoms with E-state index in [0.29, 0.717) is 22.9 Å². The Kier molecular flexibility index (Phi) is 8.37. The molecule has 3 saturated heterocycles. The molecule has 1 aromatic heterocycles. The van der Waals surface area contributed by atoms with Gasteiger partial charge in [-0.1, -0.05) is 13.8 Å². The molecule has 2 atom stereocenters. The first-order valence-corrected chi connectivity index (χ1v) is 12.7. The fourth-order valence-electron chi connectivity index (χ4n) is 4.89. The van der Waals surface area contributed by atoms with Gasteiger partial charge in [-0.05, 0) is 49.7 Å². The SMILES string of the molecule is C[C@@H]1CCCN(c2cc(N3CCC[C@H](C)C3)nc(NC(=S)NCCN3CCOCC3)n2)C1. The van der Waals surface area contributed by atoms with Crippen molar-refractivity contribution in [3.63, 3.8) is 0 Å². The van der Waals surface area contributed by atoms with Gasteiger partial charge >= 0.3 is 0 Å². The Morgan fingerprint density at radius 1 is 1.00 bits per heavy atom. The van der Waals surface area contributed by atoms with Crippen molar-refractivity contribution in [1.82, 2.24) is 20.2 Å². The lowest BCUT2D eigenvalue weighted by atomic mass is 10.00. The summed E-state index contributed by atoms with van der Waals surface area (Å²) in [5.41, 5.74) is 0. The van der Waals surface area contributed by atoms with Gasteiger partial charge in [-0.25, -0.2) is 0 Å². The lowest BCUT2D eigenvalue weighted by Crippen LogP contribution is -2.42. The molecule has 0 saturated carbocycles.